The Kier molecular flexibility index (Phi) is 5.49. The molecule has 0 heterocycles. The molecule has 164 valence electrons. The number of aromatic hydroxyl groups is 2. The molecule has 1 aliphatic rings. The zero-order valence-corrected chi connectivity index (χ0v) is 20.0. The normalized spacial score (nSPS) is 17.9. The summed E-state index contributed by atoms with van der Waals surface area (Å²) < 4.78 is 0. The summed E-state index contributed by atoms with van der Waals surface area (Å²) in [5, 5.41) is 25.2. The van der Waals surface area contributed by atoms with Gasteiger partial charge >= 0.3 is 0 Å². The van der Waals surface area contributed by atoms with Crippen LogP contribution in [0.2, 0.25) is 0 Å². The number of rotatable bonds is 4. The van der Waals surface area contributed by atoms with Crippen LogP contribution in [0.1, 0.15) is 79.7 Å². The van der Waals surface area contributed by atoms with Crippen LogP contribution < -0.4 is 10.8 Å². The molecule has 0 fully saturated rings. The highest BCUT2D eigenvalue weighted by atomic mass is 16.3. The van der Waals surface area contributed by atoms with Gasteiger partial charge in [0.15, 0.2) is 0 Å². The van der Waals surface area contributed by atoms with Gasteiger partial charge in [0, 0.05) is 23.2 Å². The molecule has 1 amide bonds. The van der Waals surface area contributed by atoms with Gasteiger partial charge in [0.1, 0.15) is 19.3 Å². The summed E-state index contributed by atoms with van der Waals surface area (Å²) >= 11 is 0. The van der Waals surface area contributed by atoms with E-state index in [1.807, 2.05) is 32.0 Å². The number of nitrogens with one attached hydrogen (secondary N) is 1. The monoisotopic (exact) mass is 419 g/mol. The van der Waals surface area contributed by atoms with Crippen LogP contribution in [-0.2, 0) is 17.3 Å². The van der Waals surface area contributed by atoms with E-state index in [-0.39, 0.29) is 39.1 Å². The molecule has 0 saturated heterocycles. The predicted molar refractivity (Wildman–Crippen MR) is 127 cm³/mol. The van der Waals surface area contributed by atoms with Crippen molar-refractivity contribution >= 4 is 19.2 Å². The van der Waals surface area contributed by atoms with Gasteiger partial charge in [0.2, 0.25) is 0 Å². The number of aryl methyl sites for hydroxylation is 2. The fourth-order valence-electron chi connectivity index (χ4n) is 5.18. The molecule has 0 unspecified atom stereocenters. The lowest BCUT2D eigenvalue weighted by Crippen LogP contribution is -2.42. The molecule has 3 N–H and O–H groups in total. The molecule has 4 nitrogen and oxygen atoms in total. The van der Waals surface area contributed by atoms with E-state index in [0.717, 1.165) is 22.3 Å². The van der Waals surface area contributed by atoms with Crippen LogP contribution in [0.3, 0.4) is 0 Å². The van der Waals surface area contributed by atoms with Crippen LogP contribution >= 0.6 is 0 Å². The largest absolute Gasteiger partial charge is 0.508 e. The first-order valence-corrected chi connectivity index (χ1v) is 10.9. The third-order valence-corrected chi connectivity index (χ3v) is 8.11. The van der Waals surface area contributed by atoms with Crippen molar-refractivity contribution in [2.75, 3.05) is 6.54 Å². The maximum atomic E-state index is 12.6. The van der Waals surface area contributed by atoms with E-state index >= 15 is 0 Å². The second-order valence-corrected chi connectivity index (χ2v) is 10.6. The number of carbonyl (C=O) groups excluding carboxylic acids is 1. The van der Waals surface area contributed by atoms with Gasteiger partial charge in [0.05, 0.1) is 0 Å². The lowest BCUT2D eigenvalue weighted by molar-refractivity contribution is 0.0954. The molecule has 5 heteroatoms. The fourth-order valence-corrected chi connectivity index (χ4v) is 5.18. The highest BCUT2D eigenvalue weighted by Gasteiger charge is 2.59. The molecule has 2 aromatic rings. The van der Waals surface area contributed by atoms with Gasteiger partial charge in [0.25, 0.3) is 5.91 Å². The van der Waals surface area contributed by atoms with Crippen LogP contribution in [0.4, 0.5) is 0 Å². The summed E-state index contributed by atoms with van der Waals surface area (Å²) in [6, 6.07) is 5.72. The zero-order valence-electron chi connectivity index (χ0n) is 20.0. The molecule has 3 rings (SSSR count). The fraction of sp³-hybridized carbons (Fsp3) is 0.500. The molecule has 0 bridgehead atoms. The number of carbonyl (C=O) groups is 1. The second-order valence-electron chi connectivity index (χ2n) is 10.6. The summed E-state index contributed by atoms with van der Waals surface area (Å²) in [6.07, 6.45) is 0.325. The number of benzene rings is 2. The third-order valence-electron chi connectivity index (χ3n) is 8.11. The SMILES string of the molecule is [B]c1c(O)c2c(c(O)c1CCNC(=O)c1cc(C)cc(C)c1)C(C)(C)C(C)(C)C2(C)C. The first-order valence-electron chi connectivity index (χ1n) is 10.9. The maximum Gasteiger partial charge on any atom is 0.251 e. The Hall–Kier alpha value is -2.43. The molecular formula is C26H34BNO3. The average Bonchev–Trinajstić information content (AvgIpc) is 2.75. The molecule has 0 aromatic heterocycles. The molecule has 0 atom stereocenters. The minimum absolute atomic E-state index is 0.0482. The van der Waals surface area contributed by atoms with E-state index in [9.17, 15) is 15.0 Å². The predicted octanol–water partition coefficient (Wildman–Crippen LogP) is 4.08. The number of hydrogen-bond acceptors (Lipinski definition) is 3. The molecular weight excluding hydrogens is 385 g/mol. The minimum Gasteiger partial charge on any atom is -0.508 e. The van der Waals surface area contributed by atoms with Crippen molar-refractivity contribution in [3.05, 3.63) is 51.6 Å². The zero-order chi connectivity index (χ0) is 23.5. The van der Waals surface area contributed by atoms with E-state index in [0.29, 0.717) is 24.1 Å². The van der Waals surface area contributed by atoms with Crippen LogP contribution in [0.5, 0.6) is 11.5 Å². The van der Waals surface area contributed by atoms with Crippen molar-refractivity contribution in [3.8, 4) is 11.5 Å². The van der Waals surface area contributed by atoms with Gasteiger partial charge in [-0.25, -0.2) is 0 Å². The number of fused-ring (bicyclic) bond motifs is 1. The summed E-state index contributed by atoms with van der Waals surface area (Å²) in [7, 11) is 6.30. The molecule has 2 radical (unpaired) electrons. The van der Waals surface area contributed by atoms with Gasteiger partial charge in [-0.15, -0.1) is 0 Å². The van der Waals surface area contributed by atoms with Gasteiger partial charge in [-0.05, 0) is 59.7 Å². The minimum atomic E-state index is -0.378. The Balaban J connectivity index is 1.93. The van der Waals surface area contributed by atoms with Gasteiger partial charge < -0.3 is 15.5 Å². The van der Waals surface area contributed by atoms with Crippen molar-refractivity contribution < 1.29 is 15.0 Å². The van der Waals surface area contributed by atoms with Crippen LogP contribution in [0.25, 0.3) is 0 Å². The summed E-state index contributed by atoms with van der Waals surface area (Å²) in [6.45, 7) is 16.9. The average molecular weight is 419 g/mol. The molecule has 2 aromatic carbocycles. The number of phenols is 2. The standard InChI is InChI=1S/C26H34BNO3/c1-14-11-15(2)13-16(12-14)23(31)28-10-9-17-20(27)22(30)19-18(21(17)29)24(3,4)26(7,8)25(19,5)6/h11-13,29-30H,9-10H2,1-8H3,(H,28,31). The van der Waals surface area contributed by atoms with Crippen molar-refractivity contribution in [1.29, 1.82) is 0 Å². The quantitative estimate of drug-likeness (QED) is 0.517. The van der Waals surface area contributed by atoms with Gasteiger partial charge in [-0.3, -0.25) is 4.79 Å². The Labute approximate surface area is 187 Å². The summed E-state index contributed by atoms with van der Waals surface area (Å²) in [4.78, 5) is 12.6. The van der Waals surface area contributed by atoms with Gasteiger partial charge in [-0.1, -0.05) is 58.7 Å². The Morgan fingerprint density at radius 3 is 1.90 bits per heavy atom. The van der Waals surface area contributed by atoms with Crippen LogP contribution in [0.15, 0.2) is 18.2 Å². The number of phenolic OH excluding ortho intramolecular Hbond substituents is 2. The summed E-state index contributed by atoms with van der Waals surface area (Å²) in [5.41, 5.74) is 3.85. The highest BCUT2D eigenvalue weighted by Crippen LogP contribution is 2.65. The highest BCUT2D eigenvalue weighted by molar-refractivity contribution is 6.36. The Bertz CT molecular complexity index is 1050. The van der Waals surface area contributed by atoms with E-state index in [1.54, 1.807) is 0 Å². The molecule has 0 aliphatic heterocycles. The first-order chi connectivity index (χ1) is 14.1. The summed E-state index contributed by atoms with van der Waals surface area (Å²) in [5.74, 6) is 0.0134. The number of hydrogen-bond donors (Lipinski definition) is 3. The molecule has 1 aliphatic carbocycles. The lowest BCUT2D eigenvalue weighted by atomic mass is 9.59. The molecule has 0 spiro atoms. The second kappa shape index (κ2) is 7.32. The topological polar surface area (TPSA) is 69.6 Å². The van der Waals surface area contributed by atoms with Crippen LogP contribution in [-0.4, -0.2) is 30.5 Å². The first kappa shape index (κ1) is 23.2. The van der Waals surface area contributed by atoms with Crippen molar-refractivity contribution in [1.82, 2.24) is 5.32 Å². The van der Waals surface area contributed by atoms with Crippen LogP contribution in [0, 0.1) is 19.3 Å². The Morgan fingerprint density at radius 1 is 0.903 bits per heavy atom. The smallest absolute Gasteiger partial charge is 0.251 e. The maximum absolute atomic E-state index is 12.6. The Morgan fingerprint density at radius 2 is 1.39 bits per heavy atom. The van der Waals surface area contributed by atoms with Crippen molar-refractivity contribution in [2.45, 2.75) is 72.6 Å². The van der Waals surface area contributed by atoms with E-state index in [2.05, 4.69) is 46.9 Å². The van der Waals surface area contributed by atoms with E-state index < -0.39 is 0 Å². The molecule has 0 saturated carbocycles. The van der Waals surface area contributed by atoms with E-state index in [4.69, 9.17) is 7.85 Å². The van der Waals surface area contributed by atoms with Crippen molar-refractivity contribution in [2.24, 2.45) is 5.41 Å². The number of amides is 1. The lowest BCUT2D eigenvalue weighted by Gasteiger charge is -2.44. The molecule has 31 heavy (non-hydrogen) atoms. The van der Waals surface area contributed by atoms with Crippen molar-refractivity contribution in [3.63, 3.8) is 0 Å². The van der Waals surface area contributed by atoms with Gasteiger partial charge in [-0.2, -0.15) is 0 Å². The van der Waals surface area contributed by atoms with E-state index in [1.165, 1.54) is 0 Å². The third kappa shape index (κ3) is 3.33.